The lowest BCUT2D eigenvalue weighted by molar-refractivity contribution is -0.143. The molecule has 1 aromatic heterocycles. The van der Waals surface area contributed by atoms with Crippen molar-refractivity contribution in [1.82, 2.24) is 14.4 Å². The van der Waals surface area contributed by atoms with E-state index in [0.29, 0.717) is 34.8 Å². The smallest absolute Gasteiger partial charge is 0.416 e. The normalized spacial score (nSPS) is 14.1. The highest BCUT2D eigenvalue weighted by Gasteiger charge is 2.38. The number of hydrogen-bond acceptors (Lipinski definition) is 3. The number of carbonyl (C=O) groups excluding carboxylic acids is 2. The number of benzene rings is 3. The van der Waals surface area contributed by atoms with Crippen LogP contribution in [0.15, 0.2) is 72.8 Å². The summed E-state index contributed by atoms with van der Waals surface area (Å²) < 4.78 is 102. The molecule has 236 valence electrons. The van der Waals surface area contributed by atoms with Gasteiger partial charge in [-0.1, -0.05) is 24.3 Å². The van der Waals surface area contributed by atoms with Crippen LogP contribution in [-0.4, -0.2) is 59.5 Å². The molecular formula is C32H26F7N3O3. The Bertz CT molecular complexity index is 1720. The highest BCUT2D eigenvalue weighted by atomic mass is 19.4. The number of carbonyl (C=O) groups is 2. The van der Waals surface area contributed by atoms with Gasteiger partial charge in [-0.3, -0.25) is 9.59 Å². The molecule has 0 unspecified atom stereocenters. The van der Waals surface area contributed by atoms with E-state index in [2.05, 4.69) is 0 Å². The van der Waals surface area contributed by atoms with Crippen molar-refractivity contribution >= 4 is 11.8 Å². The fourth-order valence-corrected chi connectivity index (χ4v) is 5.31. The fourth-order valence-electron chi connectivity index (χ4n) is 5.31. The van der Waals surface area contributed by atoms with Crippen molar-refractivity contribution < 1.29 is 45.1 Å². The second-order valence-corrected chi connectivity index (χ2v) is 10.4. The number of ether oxygens (including phenoxy) is 1. The first kappa shape index (κ1) is 31.6. The van der Waals surface area contributed by atoms with Gasteiger partial charge >= 0.3 is 12.4 Å². The van der Waals surface area contributed by atoms with E-state index in [-0.39, 0.29) is 43.5 Å². The van der Waals surface area contributed by atoms with Crippen LogP contribution in [0.2, 0.25) is 0 Å². The highest BCUT2D eigenvalue weighted by molar-refractivity contribution is 5.98. The molecule has 0 radical (unpaired) electrons. The summed E-state index contributed by atoms with van der Waals surface area (Å²) in [5.74, 6) is -1.42. The van der Waals surface area contributed by atoms with Gasteiger partial charge in [0, 0.05) is 43.0 Å². The van der Waals surface area contributed by atoms with Crippen LogP contribution in [0.5, 0.6) is 5.75 Å². The summed E-state index contributed by atoms with van der Waals surface area (Å²) in [6, 6.07) is 15.5. The molecule has 0 atom stereocenters. The van der Waals surface area contributed by atoms with Crippen LogP contribution in [0, 0.1) is 12.7 Å². The monoisotopic (exact) mass is 633 g/mol. The molecule has 1 fully saturated rings. The predicted octanol–water partition coefficient (Wildman–Crippen LogP) is 7.24. The van der Waals surface area contributed by atoms with Gasteiger partial charge in [-0.2, -0.15) is 26.3 Å². The van der Waals surface area contributed by atoms with Crippen molar-refractivity contribution in [3.05, 3.63) is 107 Å². The van der Waals surface area contributed by atoms with Gasteiger partial charge in [0.15, 0.2) is 0 Å². The molecule has 6 nitrogen and oxygen atoms in total. The van der Waals surface area contributed by atoms with Gasteiger partial charge in [-0.05, 0) is 55.5 Å². The van der Waals surface area contributed by atoms with Crippen LogP contribution in [0.25, 0.3) is 16.9 Å². The number of piperazine rings is 1. The van der Waals surface area contributed by atoms with Crippen LogP contribution in [0.1, 0.15) is 37.5 Å². The Hall–Kier alpha value is -4.81. The number of alkyl halides is 6. The van der Waals surface area contributed by atoms with E-state index in [0.717, 1.165) is 4.90 Å². The zero-order valence-electron chi connectivity index (χ0n) is 24.0. The first-order valence-electron chi connectivity index (χ1n) is 13.7. The van der Waals surface area contributed by atoms with Gasteiger partial charge in [-0.15, -0.1) is 0 Å². The number of halogens is 7. The number of nitrogens with zero attached hydrogens (tertiary/aromatic N) is 3. The van der Waals surface area contributed by atoms with Crippen LogP contribution >= 0.6 is 0 Å². The first-order valence-corrected chi connectivity index (χ1v) is 13.7. The van der Waals surface area contributed by atoms with E-state index >= 15 is 0 Å². The molecule has 45 heavy (non-hydrogen) atoms. The molecule has 5 rings (SSSR count). The van der Waals surface area contributed by atoms with Crippen molar-refractivity contribution in [2.24, 2.45) is 0 Å². The number of amides is 2. The third-order valence-electron chi connectivity index (χ3n) is 7.63. The molecule has 4 aromatic rings. The zero-order valence-corrected chi connectivity index (χ0v) is 24.0. The second-order valence-electron chi connectivity index (χ2n) is 10.4. The van der Waals surface area contributed by atoms with Gasteiger partial charge in [0.05, 0.1) is 35.2 Å². The number of hydrogen-bond donors (Lipinski definition) is 0. The molecule has 0 spiro atoms. The number of methoxy groups -OCH3 is 1. The molecule has 13 heteroatoms. The standard InChI is InChI=1S/C32H26F7N3O3/c1-19-25(18-28(20-6-5-7-24(16-20)45-2)42(19)27-9-4-3-8-26(27)33)30(44)41-12-10-40(11-13-41)29(43)21-14-22(31(34,35)36)17-23(15-21)32(37,38)39/h3-9,14-18H,10-13H2,1-2H3. The van der Waals surface area contributed by atoms with Crippen LogP contribution < -0.4 is 4.74 Å². The summed E-state index contributed by atoms with van der Waals surface area (Å²) >= 11 is 0. The molecular weight excluding hydrogens is 607 g/mol. The summed E-state index contributed by atoms with van der Waals surface area (Å²) in [6.45, 7) is 1.34. The number of aromatic nitrogens is 1. The molecule has 0 bridgehead atoms. The Labute approximate surface area is 253 Å². The summed E-state index contributed by atoms with van der Waals surface area (Å²) in [4.78, 5) is 29.3. The van der Waals surface area contributed by atoms with E-state index in [1.165, 1.54) is 18.1 Å². The van der Waals surface area contributed by atoms with E-state index in [4.69, 9.17) is 4.74 Å². The minimum atomic E-state index is -5.10. The van der Waals surface area contributed by atoms with E-state index in [1.54, 1.807) is 60.0 Å². The number of para-hydroxylation sites is 1. The maximum Gasteiger partial charge on any atom is 0.416 e. The lowest BCUT2D eigenvalue weighted by Gasteiger charge is -2.35. The highest BCUT2D eigenvalue weighted by Crippen LogP contribution is 2.37. The van der Waals surface area contributed by atoms with Gasteiger partial charge in [-0.25, -0.2) is 4.39 Å². The summed E-state index contributed by atoms with van der Waals surface area (Å²) in [5.41, 5.74) is -1.87. The van der Waals surface area contributed by atoms with E-state index < -0.39 is 46.7 Å². The third-order valence-corrected chi connectivity index (χ3v) is 7.63. The minimum Gasteiger partial charge on any atom is -0.497 e. The molecule has 0 aliphatic carbocycles. The van der Waals surface area contributed by atoms with Crippen LogP contribution in [-0.2, 0) is 12.4 Å². The quantitative estimate of drug-likeness (QED) is 0.218. The largest absolute Gasteiger partial charge is 0.497 e. The average molecular weight is 634 g/mol. The first-order chi connectivity index (χ1) is 21.2. The second kappa shape index (κ2) is 11.9. The lowest BCUT2D eigenvalue weighted by Crippen LogP contribution is -2.50. The molecule has 2 amide bonds. The Kier molecular flexibility index (Phi) is 8.39. The maximum atomic E-state index is 15.0. The van der Waals surface area contributed by atoms with Crippen LogP contribution in [0.4, 0.5) is 30.7 Å². The van der Waals surface area contributed by atoms with Gasteiger partial charge in [0.1, 0.15) is 11.6 Å². The molecule has 1 saturated heterocycles. The van der Waals surface area contributed by atoms with Crippen molar-refractivity contribution in [3.63, 3.8) is 0 Å². The molecule has 1 aliphatic rings. The molecule has 0 N–H and O–H groups in total. The summed E-state index contributed by atoms with van der Waals surface area (Å²) in [6.07, 6.45) is -10.2. The van der Waals surface area contributed by atoms with Gasteiger partial charge < -0.3 is 19.1 Å². The topological polar surface area (TPSA) is 54.8 Å². The Balaban J connectivity index is 1.42. The Morgan fingerprint density at radius 2 is 1.31 bits per heavy atom. The predicted molar refractivity (Wildman–Crippen MR) is 151 cm³/mol. The van der Waals surface area contributed by atoms with E-state index in [1.807, 2.05) is 0 Å². The third kappa shape index (κ3) is 6.38. The van der Waals surface area contributed by atoms with Crippen molar-refractivity contribution in [3.8, 4) is 22.7 Å². The Morgan fingerprint density at radius 3 is 1.87 bits per heavy atom. The van der Waals surface area contributed by atoms with Crippen molar-refractivity contribution in [1.29, 1.82) is 0 Å². The van der Waals surface area contributed by atoms with E-state index in [9.17, 15) is 40.3 Å². The average Bonchev–Trinajstić information content (AvgIpc) is 3.36. The van der Waals surface area contributed by atoms with Crippen molar-refractivity contribution in [2.75, 3.05) is 33.3 Å². The molecule has 2 heterocycles. The maximum absolute atomic E-state index is 15.0. The molecule has 1 aliphatic heterocycles. The Morgan fingerprint density at radius 1 is 0.733 bits per heavy atom. The SMILES string of the molecule is COc1cccc(-c2cc(C(=O)N3CCN(C(=O)c4cc(C(F)(F)F)cc(C(F)(F)F)c4)CC3)c(C)n2-c2ccccc2F)c1. The summed E-state index contributed by atoms with van der Waals surface area (Å²) in [7, 11) is 1.50. The molecule has 0 saturated carbocycles. The van der Waals surface area contributed by atoms with Gasteiger partial charge in [0.2, 0.25) is 0 Å². The number of rotatable bonds is 5. The fraction of sp³-hybridized carbons (Fsp3) is 0.250. The molecule has 3 aromatic carbocycles. The van der Waals surface area contributed by atoms with Gasteiger partial charge in [0.25, 0.3) is 11.8 Å². The van der Waals surface area contributed by atoms with Crippen LogP contribution in [0.3, 0.4) is 0 Å². The van der Waals surface area contributed by atoms with Crippen molar-refractivity contribution in [2.45, 2.75) is 19.3 Å². The minimum absolute atomic E-state index is 0.0333. The zero-order chi connectivity index (χ0) is 32.7. The lowest BCUT2D eigenvalue weighted by atomic mass is 10.0. The summed E-state index contributed by atoms with van der Waals surface area (Å²) in [5, 5.41) is 0.